The molecular formula is C17H28N2. The van der Waals surface area contributed by atoms with Crippen LogP contribution >= 0.6 is 0 Å². The molecule has 0 aromatic heterocycles. The highest BCUT2D eigenvalue weighted by atomic mass is 15.1. The molecule has 0 aliphatic carbocycles. The first-order valence-electron chi connectivity index (χ1n) is 7.06. The Balaban J connectivity index is 2.50. The lowest BCUT2D eigenvalue weighted by Crippen LogP contribution is -2.27. The molecule has 1 rings (SSSR count). The van der Waals surface area contributed by atoms with Gasteiger partial charge in [0, 0.05) is 25.3 Å². The van der Waals surface area contributed by atoms with Crippen LogP contribution in [0.5, 0.6) is 0 Å². The average molecular weight is 260 g/mol. The van der Waals surface area contributed by atoms with Crippen molar-refractivity contribution in [2.75, 3.05) is 32.0 Å². The Morgan fingerprint density at radius 3 is 2.32 bits per heavy atom. The van der Waals surface area contributed by atoms with E-state index in [-0.39, 0.29) is 0 Å². The van der Waals surface area contributed by atoms with Gasteiger partial charge in [0.15, 0.2) is 0 Å². The number of hydrogen-bond acceptors (Lipinski definition) is 2. The predicted octanol–water partition coefficient (Wildman–Crippen LogP) is 3.92. The Morgan fingerprint density at radius 2 is 1.79 bits per heavy atom. The summed E-state index contributed by atoms with van der Waals surface area (Å²) < 4.78 is 0. The second-order valence-electron chi connectivity index (χ2n) is 5.57. The second-order valence-corrected chi connectivity index (χ2v) is 5.57. The van der Waals surface area contributed by atoms with Crippen LogP contribution in [-0.4, -0.2) is 31.6 Å². The van der Waals surface area contributed by atoms with Gasteiger partial charge >= 0.3 is 0 Å². The van der Waals surface area contributed by atoms with Gasteiger partial charge in [0.1, 0.15) is 0 Å². The molecule has 1 N–H and O–H groups in total. The zero-order valence-corrected chi connectivity index (χ0v) is 13.3. The van der Waals surface area contributed by atoms with Gasteiger partial charge in [-0.15, -0.1) is 0 Å². The van der Waals surface area contributed by atoms with Crippen molar-refractivity contribution >= 4 is 5.69 Å². The molecule has 0 spiro atoms. The van der Waals surface area contributed by atoms with E-state index in [1.807, 2.05) is 0 Å². The zero-order chi connectivity index (χ0) is 14.4. The molecule has 0 aliphatic heterocycles. The minimum atomic E-state index is 0.984. The topological polar surface area (TPSA) is 15.3 Å². The number of likely N-dealkylation sites (N-methyl/N-ethyl adjacent to an activating group) is 1. The van der Waals surface area contributed by atoms with E-state index in [1.54, 1.807) is 0 Å². The number of rotatable bonds is 6. The minimum absolute atomic E-state index is 0.984. The highest BCUT2D eigenvalue weighted by Gasteiger charge is 2.04. The van der Waals surface area contributed by atoms with Crippen molar-refractivity contribution < 1.29 is 0 Å². The van der Waals surface area contributed by atoms with E-state index in [2.05, 4.69) is 70.1 Å². The van der Waals surface area contributed by atoms with Crippen LogP contribution in [-0.2, 0) is 0 Å². The maximum absolute atomic E-state index is 3.57. The Hall–Kier alpha value is -1.28. The Morgan fingerprint density at radius 1 is 1.21 bits per heavy atom. The highest BCUT2D eigenvalue weighted by molar-refractivity contribution is 5.58. The van der Waals surface area contributed by atoms with Crippen LogP contribution < -0.4 is 5.32 Å². The summed E-state index contributed by atoms with van der Waals surface area (Å²) >= 11 is 0. The molecule has 19 heavy (non-hydrogen) atoms. The molecule has 0 amide bonds. The van der Waals surface area contributed by atoms with E-state index in [0.717, 1.165) is 19.6 Å². The molecule has 2 nitrogen and oxygen atoms in total. The van der Waals surface area contributed by atoms with Crippen molar-refractivity contribution in [1.82, 2.24) is 4.90 Å². The quantitative estimate of drug-likeness (QED) is 0.780. The van der Waals surface area contributed by atoms with Gasteiger partial charge in [0.05, 0.1) is 0 Å². The summed E-state index contributed by atoms with van der Waals surface area (Å²) in [7, 11) is 2.17. The van der Waals surface area contributed by atoms with Crippen LogP contribution in [0.3, 0.4) is 0 Å². The lowest BCUT2D eigenvalue weighted by atomic mass is 10.1. The van der Waals surface area contributed by atoms with Gasteiger partial charge in [0.2, 0.25) is 0 Å². The van der Waals surface area contributed by atoms with Gasteiger partial charge in [-0.05, 0) is 52.8 Å². The van der Waals surface area contributed by atoms with Crippen LogP contribution in [0, 0.1) is 20.8 Å². The number of aryl methyl sites for hydroxylation is 3. The van der Waals surface area contributed by atoms with Crippen LogP contribution in [0.1, 0.15) is 30.5 Å². The van der Waals surface area contributed by atoms with Crippen molar-refractivity contribution in [2.45, 2.75) is 34.6 Å². The molecule has 0 saturated heterocycles. The van der Waals surface area contributed by atoms with Crippen LogP contribution in [0.4, 0.5) is 5.69 Å². The molecule has 0 radical (unpaired) electrons. The van der Waals surface area contributed by atoms with Gasteiger partial charge in [-0.1, -0.05) is 29.3 Å². The third kappa shape index (κ3) is 5.07. The van der Waals surface area contributed by atoms with E-state index >= 15 is 0 Å². The van der Waals surface area contributed by atoms with Crippen molar-refractivity contribution in [3.05, 3.63) is 40.5 Å². The molecule has 0 heterocycles. The summed E-state index contributed by atoms with van der Waals surface area (Å²) in [6.45, 7) is 13.9. The zero-order valence-electron chi connectivity index (χ0n) is 13.3. The average Bonchev–Trinajstić information content (AvgIpc) is 2.32. The monoisotopic (exact) mass is 260 g/mol. The molecule has 0 atom stereocenters. The number of anilines is 1. The van der Waals surface area contributed by atoms with E-state index in [1.165, 1.54) is 28.0 Å². The van der Waals surface area contributed by atoms with E-state index in [9.17, 15) is 0 Å². The molecular weight excluding hydrogens is 232 g/mol. The number of allylic oxidation sites excluding steroid dienone is 1. The number of benzene rings is 1. The molecule has 2 heteroatoms. The van der Waals surface area contributed by atoms with Crippen molar-refractivity contribution in [1.29, 1.82) is 0 Å². The third-order valence-corrected chi connectivity index (χ3v) is 3.48. The maximum Gasteiger partial charge on any atom is 0.0400 e. The lowest BCUT2D eigenvalue weighted by molar-refractivity contribution is 0.376. The molecule has 1 aromatic carbocycles. The van der Waals surface area contributed by atoms with Gasteiger partial charge in [-0.3, -0.25) is 0 Å². The van der Waals surface area contributed by atoms with Crippen LogP contribution in [0.15, 0.2) is 23.8 Å². The Kier molecular flexibility index (Phi) is 6.10. The van der Waals surface area contributed by atoms with Gasteiger partial charge in [-0.25, -0.2) is 0 Å². The Labute approximate surface area is 118 Å². The third-order valence-electron chi connectivity index (χ3n) is 3.48. The second kappa shape index (κ2) is 7.34. The standard InChI is InChI=1S/C17H28N2/c1-7-13(2)12-19(6)9-8-18-17-15(4)10-14(3)11-16(17)5/h7,10-11,18H,8-9,12H2,1-6H3/b13-7+. The first-order valence-corrected chi connectivity index (χ1v) is 7.06. The van der Waals surface area contributed by atoms with E-state index in [0.29, 0.717) is 0 Å². The van der Waals surface area contributed by atoms with Gasteiger partial charge < -0.3 is 10.2 Å². The molecule has 0 aliphatic rings. The normalized spacial score (nSPS) is 12.1. The summed E-state index contributed by atoms with van der Waals surface area (Å²) in [4.78, 5) is 2.35. The van der Waals surface area contributed by atoms with Gasteiger partial charge in [0.25, 0.3) is 0 Å². The largest absolute Gasteiger partial charge is 0.383 e. The first kappa shape index (κ1) is 15.8. The molecule has 0 unspecified atom stereocenters. The smallest absolute Gasteiger partial charge is 0.0400 e. The highest BCUT2D eigenvalue weighted by Crippen LogP contribution is 2.21. The minimum Gasteiger partial charge on any atom is -0.383 e. The van der Waals surface area contributed by atoms with Crippen molar-refractivity contribution in [3.8, 4) is 0 Å². The van der Waals surface area contributed by atoms with Crippen LogP contribution in [0.2, 0.25) is 0 Å². The van der Waals surface area contributed by atoms with Crippen LogP contribution in [0.25, 0.3) is 0 Å². The summed E-state index contributed by atoms with van der Waals surface area (Å²) in [6, 6.07) is 4.48. The predicted molar refractivity (Wildman–Crippen MR) is 86.1 cm³/mol. The van der Waals surface area contributed by atoms with Crippen molar-refractivity contribution in [3.63, 3.8) is 0 Å². The Bertz CT molecular complexity index is 424. The molecule has 0 saturated carbocycles. The summed E-state index contributed by atoms with van der Waals surface area (Å²) in [5.41, 5.74) is 6.72. The fourth-order valence-corrected chi connectivity index (χ4v) is 2.43. The summed E-state index contributed by atoms with van der Waals surface area (Å²) in [6.07, 6.45) is 2.18. The lowest BCUT2D eigenvalue weighted by Gasteiger charge is -2.19. The van der Waals surface area contributed by atoms with E-state index < -0.39 is 0 Å². The van der Waals surface area contributed by atoms with Crippen molar-refractivity contribution in [2.24, 2.45) is 0 Å². The number of nitrogens with zero attached hydrogens (tertiary/aromatic N) is 1. The fraction of sp³-hybridized carbons (Fsp3) is 0.529. The first-order chi connectivity index (χ1) is 8.93. The van der Waals surface area contributed by atoms with Gasteiger partial charge in [-0.2, -0.15) is 0 Å². The molecule has 0 fully saturated rings. The molecule has 0 bridgehead atoms. The maximum atomic E-state index is 3.57. The molecule has 1 aromatic rings. The van der Waals surface area contributed by atoms with E-state index in [4.69, 9.17) is 0 Å². The SMILES string of the molecule is C/C=C(\C)CN(C)CCNc1c(C)cc(C)cc1C. The summed E-state index contributed by atoms with van der Waals surface area (Å²) in [5, 5.41) is 3.57. The number of nitrogens with one attached hydrogen (secondary N) is 1. The summed E-state index contributed by atoms with van der Waals surface area (Å²) in [5.74, 6) is 0. The molecule has 106 valence electrons. The number of hydrogen-bond donors (Lipinski definition) is 1. The fourth-order valence-electron chi connectivity index (χ4n) is 2.43.